The van der Waals surface area contributed by atoms with Gasteiger partial charge in [-0.2, -0.15) is 4.31 Å². The topological polar surface area (TPSA) is 75.7 Å². The fraction of sp³-hybridized carbons (Fsp3) is 0.269. The number of sulfonamides is 1. The molecule has 0 aliphatic carbocycles. The highest BCUT2D eigenvalue weighted by molar-refractivity contribution is 7.89. The van der Waals surface area contributed by atoms with Crippen molar-refractivity contribution in [3.63, 3.8) is 0 Å². The highest BCUT2D eigenvalue weighted by atomic mass is 35.5. The highest BCUT2D eigenvalue weighted by Crippen LogP contribution is 2.25. The number of hydrogen-bond acceptors (Lipinski definition) is 4. The van der Waals surface area contributed by atoms with Gasteiger partial charge in [0.15, 0.2) is 0 Å². The highest BCUT2D eigenvalue weighted by Gasteiger charge is 2.28. The Balaban J connectivity index is 1.33. The van der Waals surface area contributed by atoms with Gasteiger partial charge < -0.3 is 10.1 Å². The van der Waals surface area contributed by atoms with E-state index in [1.165, 1.54) is 22.5 Å². The molecule has 1 fully saturated rings. The number of halogens is 1. The van der Waals surface area contributed by atoms with Crippen molar-refractivity contribution >= 4 is 27.5 Å². The fourth-order valence-electron chi connectivity index (χ4n) is 3.81. The molecule has 0 saturated carbocycles. The normalized spacial score (nSPS) is 14.3. The molecule has 1 amide bonds. The second kappa shape index (κ2) is 11.1. The van der Waals surface area contributed by atoms with Gasteiger partial charge in [-0.1, -0.05) is 66.2 Å². The molecule has 1 aliphatic heterocycles. The smallest absolute Gasteiger partial charge is 0.253 e. The van der Waals surface area contributed by atoms with Crippen molar-refractivity contribution in [3.8, 4) is 0 Å². The quantitative estimate of drug-likeness (QED) is 0.461. The van der Waals surface area contributed by atoms with E-state index in [0.717, 1.165) is 29.5 Å². The SMILES string of the molecule is O=C(NCc1ccc(COCc2ccccc2)cc1)c1cc(S(=O)(=O)N2CCCC2)ccc1Cl. The van der Waals surface area contributed by atoms with Crippen LogP contribution in [0.3, 0.4) is 0 Å². The molecule has 0 radical (unpaired) electrons. The first kappa shape index (κ1) is 24.4. The van der Waals surface area contributed by atoms with Gasteiger partial charge in [-0.25, -0.2) is 8.42 Å². The summed E-state index contributed by atoms with van der Waals surface area (Å²) >= 11 is 6.21. The summed E-state index contributed by atoms with van der Waals surface area (Å²) in [7, 11) is -3.63. The van der Waals surface area contributed by atoms with Gasteiger partial charge in [0.25, 0.3) is 5.91 Å². The van der Waals surface area contributed by atoms with E-state index in [9.17, 15) is 13.2 Å². The van der Waals surface area contributed by atoms with Crippen LogP contribution in [-0.2, 0) is 34.5 Å². The van der Waals surface area contributed by atoms with Crippen LogP contribution >= 0.6 is 11.6 Å². The minimum absolute atomic E-state index is 0.0869. The zero-order valence-corrected chi connectivity index (χ0v) is 20.3. The number of hydrogen-bond donors (Lipinski definition) is 1. The predicted octanol–water partition coefficient (Wildman–Crippen LogP) is 4.77. The Morgan fingerprint density at radius 2 is 1.50 bits per heavy atom. The number of ether oxygens (including phenoxy) is 1. The van der Waals surface area contributed by atoms with Crippen LogP contribution in [-0.4, -0.2) is 31.7 Å². The van der Waals surface area contributed by atoms with Crippen LogP contribution in [0.15, 0.2) is 77.7 Å². The molecular formula is C26H27ClN2O4S. The average Bonchev–Trinajstić information content (AvgIpc) is 3.40. The Bertz CT molecular complexity index is 1230. The lowest BCUT2D eigenvalue weighted by Gasteiger charge is -2.16. The third kappa shape index (κ3) is 6.04. The predicted molar refractivity (Wildman–Crippen MR) is 132 cm³/mol. The molecule has 0 atom stereocenters. The lowest BCUT2D eigenvalue weighted by Crippen LogP contribution is -2.28. The Morgan fingerprint density at radius 3 is 2.18 bits per heavy atom. The van der Waals surface area contributed by atoms with E-state index in [4.69, 9.17) is 16.3 Å². The Hall–Kier alpha value is -2.71. The van der Waals surface area contributed by atoms with E-state index < -0.39 is 15.9 Å². The lowest BCUT2D eigenvalue weighted by molar-refractivity contribution is 0.0950. The fourth-order valence-corrected chi connectivity index (χ4v) is 5.56. The molecule has 3 aromatic carbocycles. The average molecular weight is 499 g/mol. The first-order valence-corrected chi connectivity index (χ1v) is 13.0. The molecule has 3 aromatic rings. The summed E-state index contributed by atoms with van der Waals surface area (Å²) in [6.07, 6.45) is 1.69. The number of amides is 1. The zero-order chi connectivity index (χ0) is 24.0. The van der Waals surface area contributed by atoms with Gasteiger partial charge >= 0.3 is 0 Å². The van der Waals surface area contributed by atoms with Crippen molar-refractivity contribution in [1.82, 2.24) is 9.62 Å². The summed E-state index contributed by atoms with van der Waals surface area (Å²) in [5.41, 5.74) is 3.22. The molecule has 178 valence electrons. The Labute approximate surface area is 205 Å². The van der Waals surface area contributed by atoms with Gasteiger partial charge in [-0.15, -0.1) is 0 Å². The maximum absolute atomic E-state index is 12.8. The molecule has 34 heavy (non-hydrogen) atoms. The molecule has 0 unspecified atom stereocenters. The van der Waals surface area contributed by atoms with Gasteiger partial charge in [-0.05, 0) is 47.7 Å². The molecule has 1 heterocycles. The van der Waals surface area contributed by atoms with Crippen molar-refractivity contribution < 1.29 is 17.9 Å². The van der Waals surface area contributed by atoms with Crippen LogP contribution < -0.4 is 5.32 Å². The van der Waals surface area contributed by atoms with Gasteiger partial charge in [0.2, 0.25) is 10.0 Å². The number of carbonyl (C=O) groups is 1. The maximum atomic E-state index is 12.8. The molecule has 6 nitrogen and oxygen atoms in total. The van der Waals surface area contributed by atoms with Crippen molar-refractivity contribution in [2.24, 2.45) is 0 Å². The molecule has 1 saturated heterocycles. The first-order valence-electron chi connectivity index (χ1n) is 11.2. The second-order valence-electron chi connectivity index (χ2n) is 8.23. The Morgan fingerprint density at radius 1 is 0.882 bits per heavy atom. The number of benzene rings is 3. The van der Waals surface area contributed by atoms with Gasteiger partial charge in [-0.3, -0.25) is 4.79 Å². The molecule has 8 heteroatoms. The van der Waals surface area contributed by atoms with E-state index in [2.05, 4.69) is 5.32 Å². The van der Waals surface area contributed by atoms with Crippen LogP contribution in [0.25, 0.3) is 0 Å². The molecule has 0 spiro atoms. The summed E-state index contributed by atoms with van der Waals surface area (Å²) in [6.45, 7) is 2.34. The third-order valence-electron chi connectivity index (χ3n) is 5.74. The summed E-state index contributed by atoms with van der Waals surface area (Å²) in [4.78, 5) is 12.8. The summed E-state index contributed by atoms with van der Waals surface area (Å²) < 4.78 is 32.9. The van der Waals surface area contributed by atoms with Crippen LogP contribution in [0.4, 0.5) is 0 Å². The van der Waals surface area contributed by atoms with Crippen molar-refractivity contribution in [2.45, 2.75) is 37.5 Å². The molecule has 0 aromatic heterocycles. The van der Waals surface area contributed by atoms with Gasteiger partial charge in [0.05, 0.1) is 28.7 Å². The zero-order valence-electron chi connectivity index (χ0n) is 18.7. The van der Waals surface area contributed by atoms with E-state index >= 15 is 0 Å². The van der Waals surface area contributed by atoms with Gasteiger partial charge in [0, 0.05) is 19.6 Å². The minimum atomic E-state index is -3.63. The molecule has 4 rings (SSSR count). The third-order valence-corrected chi connectivity index (χ3v) is 7.97. The van der Waals surface area contributed by atoms with Crippen molar-refractivity contribution in [1.29, 1.82) is 0 Å². The van der Waals surface area contributed by atoms with Crippen LogP contribution in [0.5, 0.6) is 0 Å². The van der Waals surface area contributed by atoms with E-state index in [1.807, 2.05) is 54.6 Å². The largest absolute Gasteiger partial charge is 0.372 e. The minimum Gasteiger partial charge on any atom is -0.372 e. The van der Waals surface area contributed by atoms with Crippen LogP contribution in [0.1, 0.15) is 39.9 Å². The first-order chi connectivity index (χ1) is 16.4. The monoisotopic (exact) mass is 498 g/mol. The van der Waals surface area contributed by atoms with Crippen molar-refractivity contribution in [3.05, 3.63) is 100 Å². The molecule has 1 aliphatic rings. The molecule has 1 N–H and O–H groups in total. The van der Waals surface area contributed by atoms with Crippen LogP contribution in [0.2, 0.25) is 5.02 Å². The number of nitrogens with zero attached hydrogens (tertiary/aromatic N) is 1. The van der Waals surface area contributed by atoms with E-state index in [1.54, 1.807) is 0 Å². The van der Waals surface area contributed by atoms with Crippen LogP contribution in [0, 0.1) is 0 Å². The molecular weight excluding hydrogens is 472 g/mol. The number of rotatable bonds is 9. The van der Waals surface area contributed by atoms with Crippen molar-refractivity contribution in [2.75, 3.05) is 13.1 Å². The standard InChI is InChI=1S/C26H27ClN2O4S/c27-25-13-12-23(34(31,32)29-14-4-5-15-29)16-24(25)26(30)28-17-20-8-10-22(11-9-20)19-33-18-21-6-2-1-3-7-21/h1-3,6-13,16H,4-5,14-15,17-19H2,(H,28,30). The second-order valence-corrected chi connectivity index (χ2v) is 10.6. The number of nitrogens with one attached hydrogen (secondary N) is 1. The summed E-state index contributed by atoms with van der Waals surface area (Å²) in [5, 5.41) is 3.04. The number of carbonyl (C=O) groups excluding carboxylic acids is 1. The van der Waals surface area contributed by atoms with E-state index in [0.29, 0.717) is 32.8 Å². The van der Waals surface area contributed by atoms with Gasteiger partial charge in [0.1, 0.15) is 0 Å². The lowest BCUT2D eigenvalue weighted by atomic mass is 10.1. The summed E-state index contributed by atoms with van der Waals surface area (Å²) in [5.74, 6) is -0.418. The molecule has 0 bridgehead atoms. The summed E-state index contributed by atoms with van der Waals surface area (Å²) in [6, 6.07) is 22.0. The van der Waals surface area contributed by atoms with E-state index in [-0.39, 0.29) is 15.5 Å². The Kier molecular flexibility index (Phi) is 8.00. The maximum Gasteiger partial charge on any atom is 0.253 e.